The summed E-state index contributed by atoms with van der Waals surface area (Å²) in [6.45, 7) is 1.52. The predicted octanol–water partition coefficient (Wildman–Crippen LogP) is 2.05. The van der Waals surface area contributed by atoms with Crippen molar-refractivity contribution in [3.05, 3.63) is 22.3 Å². The monoisotopic (exact) mass is 291 g/mol. The summed E-state index contributed by atoms with van der Waals surface area (Å²) in [6, 6.07) is 0.846. The van der Waals surface area contributed by atoms with E-state index in [1.54, 1.807) is 13.0 Å². The van der Waals surface area contributed by atoms with Crippen LogP contribution in [0.3, 0.4) is 0 Å². The van der Waals surface area contributed by atoms with Crippen LogP contribution in [-0.4, -0.2) is 28.7 Å². The first kappa shape index (κ1) is 14.4. The van der Waals surface area contributed by atoms with Gasteiger partial charge in [-0.05, 0) is 18.6 Å². The van der Waals surface area contributed by atoms with Gasteiger partial charge in [-0.15, -0.1) is 0 Å². The van der Waals surface area contributed by atoms with Crippen LogP contribution in [0.5, 0.6) is 0 Å². The van der Waals surface area contributed by atoms with Gasteiger partial charge in [0.1, 0.15) is 5.82 Å². The Balaban J connectivity index is 2.12. The van der Waals surface area contributed by atoms with Crippen molar-refractivity contribution in [1.82, 2.24) is 10.3 Å². The van der Waals surface area contributed by atoms with E-state index in [0.717, 1.165) is 0 Å². The molecule has 106 valence electrons. The molecule has 7 heteroatoms. The Morgan fingerprint density at radius 1 is 1.63 bits per heavy atom. The molecule has 0 amide bonds. The summed E-state index contributed by atoms with van der Waals surface area (Å²) in [6.07, 6.45) is -0.419. The van der Waals surface area contributed by atoms with Gasteiger partial charge in [0.15, 0.2) is 0 Å². The molecule has 2 rings (SSSR count). The van der Waals surface area contributed by atoms with Crippen molar-refractivity contribution >= 4 is 17.4 Å². The van der Waals surface area contributed by atoms with Gasteiger partial charge in [-0.3, -0.25) is 0 Å². The lowest BCUT2D eigenvalue weighted by atomic mass is 9.87. The maximum absolute atomic E-state index is 12.8. The lowest BCUT2D eigenvalue weighted by molar-refractivity contribution is -0.0959. The van der Waals surface area contributed by atoms with Crippen LogP contribution in [0.15, 0.2) is 6.07 Å². The molecule has 0 spiro atoms. The molecular formula is C12H16ClF2N3O. The van der Waals surface area contributed by atoms with Crippen molar-refractivity contribution in [1.29, 1.82) is 0 Å². The Kier molecular flexibility index (Phi) is 3.94. The number of aliphatic hydroxyl groups excluding tert-OH is 1. The fraction of sp³-hybridized carbons (Fsp3) is 0.583. The minimum atomic E-state index is -2.59. The van der Waals surface area contributed by atoms with Gasteiger partial charge in [0.05, 0.1) is 17.7 Å². The van der Waals surface area contributed by atoms with Gasteiger partial charge in [-0.2, -0.15) is 0 Å². The average molecular weight is 292 g/mol. The fourth-order valence-electron chi connectivity index (χ4n) is 2.27. The number of nitrogen functional groups attached to an aromatic ring is 1. The summed E-state index contributed by atoms with van der Waals surface area (Å²) in [5.74, 6) is -2.38. The molecule has 1 aliphatic carbocycles. The van der Waals surface area contributed by atoms with Crippen molar-refractivity contribution in [2.75, 3.05) is 12.3 Å². The minimum Gasteiger partial charge on any atom is -0.394 e. The summed E-state index contributed by atoms with van der Waals surface area (Å²) >= 11 is 5.90. The summed E-state index contributed by atoms with van der Waals surface area (Å²) in [7, 11) is 0. The Morgan fingerprint density at radius 3 is 2.79 bits per heavy atom. The zero-order chi connectivity index (χ0) is 14.2. The highest BCUT2D eigenvalue weighted by Gasteiger charge is 2.45. The molecular weight excluding hydrogens is 276 g/mol. The minimum absolute atomic E-state index is 0.210. The van der Waals surface area contributed by atoms with Gasteiger partial charge < -0.3 is 16.2 Å². The van der Waals surface area contributed by atoms with Crippen LogP contribution in [0.1, 0.15) is 30.1 Å². The zero-order valence-corrected chi connectivity index (χ0v) is 11.2. The van der Waals surface area contributed by atoms with E-state index >= 15 is 0 Å². The molecule has 1 aromatic rings. The maximum Gasteiger partial charge on any atom is 0.251 e. The molecule has 19 heavy (non-hydrogen) atoms. The number of hydrogen-bond donors (Lipinski definition) is 3. The topological polar surface area (TPSA) is 71.2 Å². The maximum atomic E-state index is 12.8. The first-order chi connectivity index (χ1) is 8.82. The number of anilines is 1. The van der Waals surface area contributed by atoms with E-state index in [9.17, 15) is 13.9 Å². The molecule has 1 atom stereocenters. The molecule has 0 saturated heterocycles. The molecule has 0 unspecified atom stereocenters. The number of nitrogens with two attached hydrogens (primary N) is 1. The number of nitrogens with zero attached hydrogens (tertiary/aromatic N) is 1. The number of rotatable bonds is 4. The number of aryl methyl sites for hydroxylation is 1. The Bertz CT molecular complexity index is 476. The third-order valence-electron chi connectivity index (χ3n) is 3.32. The SMILES string of the molecule is Cc1nc(N)c(Cl)cc1[C@@H](CO)NC1CC(F)(F)C1. The van der Waals surface area contributed by atoms with Gasteiger partial charge in [0.2, 0.25) is 0 Å². The summed E-state index contributed by atoms with van der Waals surface area (Å²) < 4.78 is 25.6. The second-order valence-electron chi connectivity index (χ2n) is 4.89. The molecule has 0 radical (unpaired) electrons. The molecule has 0 bridgehead atoms. The van der Waals surface area contributed by atoms with Crippen molar-refractivity contribution < 1.29 is 13.9 Å². The normalized spacial score (nSPS) is 20.1. The van der Waals surface area contributed by atoms with Gasteiger partial charge >= 0.3 is 0 Å². The molecule has 1 fully saturated rings. The van der Waals surface area contributed by atoms with Crippen LogP contribution >= 0.6 is 11.6 Å². The second kappa shape index (κ2) is 5.19. The second-order valence-corrected chi connectivity index (χ2v) is 5.30. The number of aromatic nitrogens is 1. The van der Waals surface area contributed by atoms with Crippen LogP contribution in [0.2, 0.25) is 5.02 Å². The molecule has 1 saturated carbocycles. The van der Waals surface area contributed by atoms with Crippen LogP contribution in [0.25, 0.3) is 0 Å². The molecule has 0 aliphatic heterocycles. The number of aliphatic hydroxyl groups is 1. The van der Waals surface area contributed by atoms with E-state index in [0.29, 0.717) is 16.3 Å². The van der Waals surface area contributed by atoms with E-state index < -0.39 is 12.0 Å². The Labute approximate surface area is 115 Å². The van der Waals surface area contributed by atoms with E-state index in [1.807, 2.05) is 0 Å². The summed E-state index contributed by atoms with van der Waals surface area (Å²) in [5.41, 5.74) is 6.88. The van der Waals surface area contributed by atoms with Gasteiger partial charge in [-0.25, -0.2) is 13.8 Å². The molecule has 4 nitrogen and oxygen atoms in total. The van der Waals surface area contributed by atoms with Crippen LogP contribution in [0.4, 0.5) is 14.6 Å². The van der Waals surface area contributed by atoms with Crippen molar-refractivity contribution in [3.8, 4) is 0 Å². The molecule has 1 aliphatic rings. The zero-order valence-electron chi connectivity index (χ0n) is 10.5. The fourth-order valence-corrected chi connectivity index (χ4v) is 2.43. The highest BCUT2D eigenvalue weighted by Crippen LogP contribution is 2.38. The number of nitrogens with one attached hydrogen (secondary N) is 1. The van der Waals surface area contributed by atoms with Gasteiger partial charge in [0.25, 0.3) is 5.92 Å². The predicted molar refractivity (Wildman–Crippen MR) is 69.3 cm³/mol. The quantitative estimate of drug-likeness (QED) is 0.794. The van der Waals surface area contributed by atoms with Crippen molar-refractivity contribution in [3.63, 3.8) is 0 Å². The Morgan fingerprint density at radius 2 is 2.26 bits per heavy atom. The molecule has 0 aromatic carbocycles. The lowest BCUT2D eigenvalue weighted by Gasteiger charge is -2.38. The number of alkyl halides is 2. The highest BCUT2D eigenvalue weighted by atomic mass is 35.5. The van der Waals surface area contributed by atoms with E-state index in [2.05, 4.69) is 10.3 Å². The van der Waals surface area contributed by atoms with Gasteiger partial charge in [0, 0.05) is 24.6 Å². The number of pyridine rings is 1. The smallest absolute Gasteiger partial charge is 0.251 e. The first-order valence-corrected chi connectivity index (χ1v) is 6.37. The van der Waals surface area contributed by atoms with Crippen LogP contribution in [0, 0.1) is 6.92 Å². The Hall–Kier alpha value is -0.980. The summed E-state index contributed by atoms with van der Waals surface area (Å²) in [5, 5.41) is 12.7. The molecule has 4 N–H and O–H groups in total. The third-order valence-corrected chi connectivity index (χ3v) is 3.62. The van der Waals surface area contributed by atoms with E-state index in [-0.39, 0.29) is 31.3 Å². The van der Waals surface area contributed by atoms with Crippen molar-refractivity contribution in [2.45, 2.75) is 37.8 Å². The van der Waals surface area contributed by atoms with Crippen LogP contribution < -0.4 is 11.1 Å². The first-order valence-electron chi connectivity index (χ1n) is 5.99. The van der Waals surface area contributed by atoms with Crippen LogP contribution in [-0.2, 0) is 0 Å². The largest absolute Gasteiger partial charge is 0.394 e. The molecule has 1 heterocycles. The highest BCUT2D eigenvalue weighted by molar-refractivity contribution is 6.32. The number of hydrogen-bond acceptors (Lipinski definition) is 4. The average Bonchev–Trinajstić information content (AvgIpc) is 2.28. The van der Waals surface area contributed by atoms with Gasteiger partial charge in [-0.1, -0.05) is 11.6 Å². The summed E-state index contributed by atoms with van der Waals surface area (Å²) in [4.78, 5) is 4.07. The van der Waals surface area contributed by atoms with E-state index in [1.165, 1.54) is 0 Å². The van der Waals surface area contributed by atoms with Crippen molar-refractivity contribution in [2.24, 2.45) is 0 Å². The lowest BCUT2D eigenvalue weighted by Crippen LogP contribution is -2.50. The van der Waals surface area contributed by atoms with E-state index in [4.69, 9.17) is 17.3 Å². The number of halogens is 3. The standard InChI is InChI=1S/C12H16ClF2N3O/c1-6-8(2-9(13)11(16)17-6)10(5-19)18-7-3-12(14,15)4-7/h2,7,10,18-19H,3-5H2,1H3,(H2,16,17)/t10-/m1/s1. The third kappa shape index (κ3) is 3.13. The molecule has 1 aromatic heterocycles.